The van der Waals surface area contributed by atoms with Crippen LogP contribution in [-0.2, 0) is 0 Å². The Hall–Kier alpha value is -6.16. The third-order valence-corrected chi connectivity index (χ3v) is 8.42. The average molecular weight is 607 g/mol. The van der Waals surface area contributed by atoms with Gasteiger partial charge in [-0.25, -0.2) is 19.6 Å². The maximum atomic E-state index is 13.1. The van der Waals surface area contributed by atoms with Crippen LogP contribution in [0.4, 0.5) is 11.4 Å². The van der Waals surface area contributed by atoms with Crippen molar-refractivity contribution >= 4 is 33.4 Å². The number of aryl methyl sites for hydroxylation is 4. The molecule has 9 rings (SSSR count). The first-order valence-electron chi connectivity index (χ1n) is 14.9. The molecule has 0 spiro atoms. The number of fused-ring (bicyclic) bond motifs is 6. The molecule has 10 heteroatoms. The highest BCUT2D eigenvalue weighted by atomic mass is 16.5. The Labute approximate surface area is 260 Å². The summed E-state index contributed by atoms with van der Waals surface area (Å²) in [7, 11) is 0. The van der Waals surface area contributed by atoms with Crippen LogP contribution in [0.15, 0.2) is 92.4 Å². The molecule has 2 aromatic heterocycles. The third kappa shape index (κ3) is 3.96. The van der Waals surface area contributed by atoms with Crippen LogP contribution in [0.3, 0.4) is 0 Å². The highest BCUT2D eigenvalue weighted by molar-refractivity contribution is 5.86. The topological polar surface area (TPSA) is 119 Å². The normalized spacial score (nSPS) is 12.8. The van der Waals surface area contributed by atoms with E-state index in [9.17, 15) is 9.59 Å². The zero-order chi connectivity index (χ0) is 31.4. The third-order valence-electron chi connectivity index (χ3n) is 8.42. The summed E-state index contributed by atoms with van der Waals surface area (Å²) in [4.78, 5) is 41.8. The lowest BCUT2D eigenvalue weighted by atomic mass is 10.1. The molecule has 10 nitrogen and oxygen atoms in total. The molecule has 4 heterocycles. The second-order valence-electron chi connectivity index (χ2n) is 12.1. The van der Waals surface area contributed by atoms with Crippen LogP contribution in [0.25, 0.3) is 33.4 Å². The number of hydrogen-bond acceptors (Lipinski definition) is 6. The number of nitrogens with zero attached hydrogens (tertiary/aromatic N) is 4. The van der Waals surface area contributed by atoms with Gasteiger partial charge in [-0.3, -0.25) is 9.13 Å². The van der Waals surface area contributed by atoms with Crippen molar-refractivity contribution in [3.8, 4) is 34.4 Å². The number of ether oxygens (including phenoxy) is 2. The molecule has 0 saturated carbocycles. The highest BCUT2D eigenvalue weighted by Crippen LogP contribution is 2.40. The van der Waals surface area contributed by atoms with Crippen molar-refractivity contribution in [2.45, 2.75) is 27.7 Å². The van der Waals surface area contributed by atoms with Crippen LogP contribution in [0.5, 0.6) is 23.0 Å². The van der Waals surface area contributed by atoms with Crippen LogP contribution in [0, 0.1) is 27.7 Å². The largest absolute Gasteiger partial charge is 0.453 e. The van der Waals surface area contributed by atoms with E-state index in [0.717, 1.165) is 33.6 Å². The first-order chi connectivity index (χ1) is 22.2. The molecule has 2 aliphatic rings. The molecule has 0 fully saturated rings. The van der Waals surface area contributed by atoms with Gasteiger partial charge in [0.15, 0.2) is 23.0 Å². The summed E-state index contributed by atoms with van der Waals surface area (Å²) in [6, 6.07) is 23.0. The number of nitrogens with one attached hydrogen (secondary N) is 2. The van der Waals surface area contributed by atoms with Crippen molar-refractivity contribution in [3.05, 3.63) is 127 Å². The maximum absolute atomic E-state index is 13.1. The van der Waals surface area contributed by atoms with Crippen molar-refractivity contribution in [1.29, 1.82) is 0 Å². The lowest BCUT2D eigenvalue weighted by Crippen LogP contribution is -2.18. The molecular weight excluding hydrogens is 580 g/mol. The molecule has 7 aromatic rings. The van der Waals surface area contributed by atoms with Gasteiger partial charge in [-0.05, 0) is 86.3 Å². The average Bonchev–Trinajstić information content (AvgIpc) is 3.48. The van der Waals surface area contributed by atoms with Gasteiger partial charge >= 0.3 is 11.4 Å². The molecule has 0 bridgehead atoms. The fourth-order valence-corrected chi connectivity index (χ4v) is 6.63. The number of benzene rings is 5. The molecule has 0 saturated heterocycles. The van der Waals surface area contributed by atoms with Crippen LogP contribution >= 0.6 is 0 Å². The van der Waals surface area contributed by atoms with Gasteiger partial charge in [-0.15, -0.1) is 0 Å². The summed E-state index contributed by atoms with van der Waals surface area (Å²) in [6.07, 6.45) is 0. The van der Waals surface area contributed by atoms with Crippen molar-refractivity contribution in [3.63, 3.8) is 0 Å². The second-order valence-corrected chi connectivity index (χ2v) is 12.1. The van der Waals surface area contributed by atoms with E-state index in [2.05, 4.69) is 22.1 Å². The van der Waals surface area contributed by atoms with Gasteiger partial charge in [0.2, 0.25) is 0 Å². The molecule has 2 N–H and O–H groups in total. The Bertz CT molecular complexity index is 2520. The Morgan fingerprint density at radius 2 is 0.891 bits per heavy atom. The predicted molar refractivity (Wildman–Crippen MR) is 175 cm³/mol. The van der Waals surface area contributed by atoms with Crippen molar-refractivity contribution < 1.29 is 9.47 Å². The minimum absolute atomic E-state index is 0.237. The first-order valence-corrected chi connectivity index (χ1v) is 14.9. The van der Waals surface area contributed by atoms with Gasteiger partial charge in [0.05, 0.1) is 33.4 Å². The quantitative estimate of drug-likeness (QED) is 0.240. The van der Waals surface area contributed by atoms with Gasteiger partial charge in [0, 0.05) is 24.3 Å². The van der Waals surface area contributed by atoms with E-state index in [1.807, 2.05) is 76.2 Å². The molecule has 46 heavy (non-hydrogen) atoms. The predicted octanol–water partition coefficient (Wildman–Crippen LogP) is 6.30. The monoisotopic (exact) mass is 606 g/mol. The highest BCUT2D eigenvalue weighted by Gasteiger charge is 2.22. The zero-order valence-corrected chi connectivity index (χ0v) is 25.4. The molecule has 0 aliphatic carbocycles. The van der Waals surface area contributed by atoms with Crippen LogP contribution < -0.4 is 31.6 Å². The first kappa shape index (κ1) is 26.3. The summed E-state index contributed by atoms with van der Waals surface area (Å²) in [5.41, 5.74) is 9.24. The van der Waals surface area contributed by atoms with Gasteiger partial charge in [0.1, 0.15) is 22.1 Å². The maximum Gasteiger partial charge on any atom is 0.331 e. The molecule has 2 aliphatic heterocycles. The SMILES string of the molecule is Cc1cc(C)cc(-n2c(=O)[nH]c3cc4c(cc32)Oc2cc3c(cc2=N4)Oc2cc4c(cc2N=3)[nH]c(=O)n4-c2cc(C)cc(C)c2)c1. The minimum Gasteiger partial charge on any atom is -0.453 e. The van der Waals surface area contributed by atoms with E-state index >= 15 is 0 Å². The Morgan fingerprint density at radius 1 is 0.500 bits per heavy atom. The number of aromatic nitrogens is 4. The summed E-state index contributed by atoms with van der Waals surface area (Å²) in [5.74, 6) is 2.10. The lowest BCUT2D eigenvalue weighted by Gasteiger charge is -2.18. The molecule has 0 unspecified atom stereocenters. The minimum atomic E-state index is -0.237. The van der Waals surface area contributed by atoms with Gasteiger partial charge < -0.3 is 19.4 Å². The van der Waals surface area contributed by atoms with Gasteiger partial charge in [0.25, 0.3) is 0 Å². The summed E-state index contributed by atoms with van der Waals surface area (Å²) in [6.45, 7) is 8.04. The van der Waals surface area contributed by atoms with Gasteiger partial charge in [-0.1, -0.05) is 12.1 Å². The zero-order valence-electron chi connectivity index (χ0n) is 25.4. The molecular formula is C36H26N6O4. The van der Waals surface area contributed by atoms with E-state index in [0.29, 0.717) is 67.2 Å². The fourth-order valence-electron chi connectivity index (χ4n) is 6.63. The van der Waals surface area contributed by atoms with E-state index in [1.165, 1.54) is 0 Å². The Morgan fingerprint density at radius 3 is 1.28 bits per heavy atom. The van der Waals surface area contributed by atoms with Crippen molar-refractivity contribution in [2.24, 2.45) is 9.98 Å². The van der Waals surface area contributed by atoms with Crippen LogP contribution in [0.1, 0.15) is 22.3 Å². The van der Waals surface area contributed by atoms with E-state index < -0.39 is 0 Å². The fraction of sp³-hybridized carbons (Fsp3) is 0.111. The molecule has 5 aromatic carbocycles. The summed E-state index contributed by atoms with van der Waals surface area (Å²) < 4.78 is 16.0. The Kier molecular flexibility index (Phi) is 5.24. The van der Waals surface area contributed by atoms with E-state index in [1.54, 1.807) is 21.3 Å². The number of H-pyrrole nitrogens is 2. The molecule has 0 radical (unpaired) electrons. The van der Waals surface area contributed by atoms with Crippen molar-refractivity contribution in [2.75, 3.05) is 0 Å². The molecule has 224 valence electrons. The number of imidazole rings is 2. The summed E-state index contributed by atoms with van der Waals surface area (Å²) >= 11 is 0. The van der Waals surface area contributed by atoms with Crippen LogP contribution in [-0.4, -0.2) is 19.1 Å². The van der Waals surface area contributed by atoms with Crippen LogP contribution in [0.2, 0.25) is 0 Å². The molecule has 0 amide bonds. The molecule has 0 atom stereocenters. The lowest BCUT2D eigenvalue weighted by molar-refractivity contribution is 0.451. The number of rotatable bonds is 2. The van der Waals surface area contributed by atoms with Crippen molar-refractivity contribution in [1.82, 2.24) is 19.1 Å². The Balaban J connectivity index is 1.15. The number of aromatic amines is 2. The van der Waals surface area contributed by atoms with E-state index in [-0.39, 0.29) is 11.4 Å². The standard InChI is InChI=1S/C36H26N6O4/c1-17-5-18(2)8-21(7-17)41-29-15-33-25(11-23(29)39-35(41)43)37-27-14-32-28(13-31(27)45-33)38-26-12-24-30(16-34(26)46-32)42(36(44)40-24)22-9-19(3)6-20(4)10-22/h5-16H,1-4H3,(H,39,43)(H,40,44). The van der Waals surface area contributed by atoms with E-state index in [4.69, 9.17) is 19.5 Å². The smallest absolute Gasteiger partial charge is 0.331 e. The number of hydrogen-bond donors (Lipinski definition) is 2. The summed E-state index contributed by atoms with van der Waals surface area (Å²) in [5, 5.41) is 1.16. The van der Waals surface area contributed by atoms with Gasteiger partial charge in [-0.2, -0.15) is 0 Å². The second kappa shape index (κ2) is 9.18.